The average Bonchev–Trinajstić information content (AvgIpc) is 3.00. The number of aromatic nitrogens is 3. The minimum absolute atomic E-state index is 0.217. The Morgan fingerprint density at radius 3 is 2.44 bits per heavy atom. The third kappa shape index (κ3) is 3.37. The fourth-order valence-corrected chi connectivity index (χ4v) is 3.13. The summed E-state index contributed by atoms with van der Waals surface area (Å²) in [6, 6.07) is 20.5. The maximum absolute atomic E-state index is 12.5. The fraction of sp³-hybridized carbons (Fsp3) is 0.0952. The standard InChI is InChI=1S/C21H18N4O2/c1-14-20(16-10-6-3-7-11-16)21-23-17(13-19(27)25(21)24-14)22-18(26)12-15-8-4-2-5-9-15/h2-11,13,24H,12H2,1H3,(H,22,26). The maximum Gasteiger partial charge on any atom is 0.274 e. The smallest absolute Gasteiger partial charge is 0.274 e. The number of hydrogen-bond acceptors (Lipinski definition) is 3. The van der Waals surface area contributed by atoms with Crippen molar-refractivity contribution >= 4 is 17.4 Å². The van der Waals surface area contributed by atoms with Crippen LogP contribution in [0.3, 0.4) is 0 Å². The van der Waals surface area contributed by atoms with Gasteiger partial charge in [-0.3, -0.25) is 14.7 Å². The molecule has 27 heavy (non-hydrogen) atoms. The summed E-state index contributed by atoms with van der Waals surface area (Å²) in [6.45, 7) is 1.89. The van der Waals surface area contributed by atoms with E-state index in [-0.39, 0.29) is 23.7 Å². The van der Waals surface area contributed by atoms with E-state index in [1.165, 1.54) is 10.6 Å². The zero-order chi connectivity index (χ0) is 18.8. The van der Waals surface area contributed by atoms with E-state index in [9.17, 15) is 9.59 Å². The molecule has 0 atom stereocenters. The normalized spacial score (nSPS) is 10.9. The van der Waals surface area contributed by atoms with Crippen molar-refractivity contribution in [2.24, 2.45) is 0 Å². The number of amides is 1. The molecule has 6 nitrogen and oxygen atoms in total. The number of fused-ring (bicyclic) bond motifs is 1. The number of aromatic amines is 1. The first-order valence-electron chi connectivity index (χ1n) is 8.63. The van der Waals surface area contributed by atoms with Crippen molar-refractivity contribution in [3.8, 4) is 11.1 Å². The van der Waals surface area contributed by atoms with Crippen molar-refractivity contribution in [2.45, 2.75) is 13.3 Å². The summed E-state index contributed by atoms with van der Waals surface area (Å²) in [5, 5.41) is 5.78. The molecule has 2 aromatic heterocycles. The summed E-state index contributed by atoms with van der Waals surface area (Å²) in [7, 11) is 0. The van der Waals surface area contributed by atoms with Gasteiger partial charge >= 0.3 is 0 Å². The number of rotatable bonds is 4. The molecule has 0 fully saturated rings. The highest BCUT2D eigenvalue weighted by molar-refractivity contribution is 5.92. The second-order valence-corrected chi connectivity index (χ2v) is 6.33. The second kappa shape index (κ2) is 6.92. The van der Waals surface area contributed by atoms with Gasteiger partial charge in [0.15, 0.2) is 5.65 Å². The van der Waals surface area contributed by atoms with Crippen molar-refractivity contribution in [3.05, 3.63) is 88.3 Å². The number of nitrogens with zero attached hydrogens (tertiary/aromatic N) is 2. The zero-order valence-corrected chi connectivity index (χ0v) is 14.8. The Bertz CT molecular complexity index is 1160. The van der Waals surface area contributed by atoms with E-state index in [2.05, 4.69) is 15.4 Å². The minimum Gasteiger partial charge on any atom is -0.310 e. The van der Waals surface area contributed by atoms with Gasteiger partial charge in [0.25, 0.3) is 5.56 Å². The number of aryl methyl sites for hydroxylation is 1. The lowest BCUT2D eigenvalue weighted by atomic mass is 10.1. The van der Waals surface area contributed by atoms with Crippen molar-refractivity contribution < 1.29 is 4.79 Å². The molecule has 6 heteroatoms. The van der Waals surface area contributed by atoms with Gasteiger partial charge in [0.05, 0.1) is 6.42 Å². The van der Waals surface area contributed by atoms with Gasteiger partial charge in [-0.25, -0.2) is 9.50 Å². The van der Waals surface area contributed by atoms with Crippen LogP contribution < -0.4 is 10.9 Å². The quantitative estimate of drug-likeness (QED) is 0.588. The van der Waals surface area contributed by atoms with Gasteiger partial charge < -0.3 is 5.32 Å². The molecule has 0 saturated carbocycles. The van der Waals surface area contributed by atoms with Gasteiger partial charge in [0.1, 0.15) is 5.82 Å². The lowest BCUT2D eigenvalue weighted by molar-refractivity contribution is -0.115. The minimum atomic E-state index is -0.278. The highest BCUT2D eigenvalue weighted by Crippen LogP contribution is 2.26. The Kier molecular flexibility index (Phi) is 4.30. The summed E-state index contributed by atoms with van der Waals surface area (Å²) in [6.07, 6.45) is 0.222. The molecule has 2 N–H and O–H groups in total. The number of H-pyrrole nitrogens is 1. The SMILES string of the molecule is Cc1[nH]n2c(=O)cc(NC(=O)Cc3ccccc3)nc2c1-c1ccccc1. The van der Waals surface area contributed by atoms with Crippen LogP contribution in [0.2, 0.25) is 0 Å². The van der Waals surface area contributed by atoms with Crippen molar-refractivity contribution in [3.63, 3.8) is 0 Å². The van der Waals surface area contributed by atoms with Crippen LogP contribution in [-0.4, -0.2) is 20.5 Å². The van der Waals surface area contributed by atoms with E-state index < -0.39 is 0 Å². The molecule has 4 rings (SSSR count). The van der Waals surface area contributed by atoms with Crippen LogP contribution in [0.4, 0.5) is 5.82 Å². The Morgan fingerprint density at radius 1 is 1.07 bits per heavy atom. The van der Waals surface area contributed by atoms with Crippen LogP contribution >= 0.6 is 0 Å². The monoisotopic (exact) mass is 358 g/mol. The van der Waals surface area contributed by atoms with E-state index in [0.29, 0.717) is 5.65 Å². The molecule has 2 aromatic carbocycles. The van der Waals surface area contributed by atoms with Crippen molar-refractivity contribution in [1.82, 2.24) is 14.6 Å². The number of carbonyl (C=O) groups excluding carboxylic acids is 1. The van der Waals surface area contributed by atoms with Gasteiger partial charge in [-0.05, 0) is 18.1 Å². The zero-order valence-electron chi connectivity index (χ0n) is 14.8. The largest absolute Gasteiger partial charge is 0.310 e. The first kappa shape index (κ1) is 16.8. The topological polar surface area (TPSA) is 79.3 Å². The van der Waals surface area contributed by atoms with Crippen LogP contribution in [0.15, 0.2) is 71.5 Å². The number of hydrogen-bond donors (Lipinski definition) is 2. The molecule has 0 aliphatic rings. The van der Waals surface area contributed by atoms with Crippen LogP contribution in [0, 0.1) is 6.92 Å². The number of benzene rings is 2. The highest BCUT2D eigenvalue weighted by atomic mass is 16.2. The predicted octanol–water partition coefficient (Wildman–Crippen LogP) is 3.18. The van der Waals surface area contributed by atoms with Gasteiger partial charge in [-0.2, -0.15) is 0 Å². The molecule has 2 heterocycles. The van der Waals surface area contributed by atoms with E-state index in [4.69, 9.17) is 0 Å². The molecule has 1 amide bonds. The molecular weight excluding hydrogens is 340 g/mol. The summed E-state index contributed by atoms with van der Waals surface area (Å²) in [4.78, 5) is 29.3. The lowest BCUT2D eigenvalue weighted by Crippen LogP contribution is -2.20. The Morgan fingerprint density at radius 2 is 1.74 bits per heavy atom. The maximum atomic E-state index is 12.5. The second-order valence-electron chi connectivity index (χ2n) is 6.33. The first-order chi connectivity index (χ1) is 13.1. The van der Waals surface area contributed by atoms with E-state index in [1.807, 2.05) is 67.6 Å². The molecule has 0 unspecified atom stereocenters. The van der Waals surface area contributed by atoms with E-state index in [1.54, 1.807) is 0 Å². The molecule has 0 aliphatic carbocycles. The molecule has 0 spiro atoms. The van der Waals surface area contributed by atoms with E-state index >= 15 is 0 Å². The van der Waals surface area contributed by atoms with Crippen LogP contribution in [0.25, 0.3) is 16.8 Å². The Hall–Kier alpha value is -3.67. The Balaban J connectivity index is 1.71. The third-order valence-electron chi connectivity index (χ3n) is 4.33. The molecule has 0 aliphatic heterocycles. The number of nitrogens with one attached hydrogen (secondary N) is 2. The molecule has 4 aromatic rings. The van der Waals surface area contributed by atoms with Crippen LogP contribution in [-0.2, 0) is 11.2 Å². The molecule has 134 valence electrons. The molecular formula is C21H18N4O2. The number of carbonyl (C=O) groups is 1. The van der Waals surface area contributed by atoms with Crippen molar-refractivity contribution in [2.75, 3.05) is 5.32 Å². The average molecular weight is 358 g/mol. The third-order valence-corrected chi connectivity index (χ3v) is 4.33. The summed E-state index contributed by atoms with van der Waals surface area (Å²) in [5.41, 5.74) is 3.73. The van der Waals surface area contributed by atoms with Gasteiger partial charge in [-0.1, -0.05) is 60.7 Å². The number of anilines is 1. The van der Waals surface area contributed by atoms with Gasteiger partial charge in [0.2, 0.25) is 5.91 Å². The van der Waals surface area contributed by atoms with Gasteiger partial charge in [0, 0.05) is 17.3 Å². The fourth-order valence-electron chi connectivity index (χ4n) is 3.13. The first-order valence-corrected chi connectivity index (χ1v) is 8.63. The lowest BCUT2D eigenvalue weighted by Gasteiger charge is -2.06. The summed E-state index contributed by atoms with van der Waals surface area (Å²) >= 11 is 0. The highest BCUT2D eigenvalue weighted by Gasteiger charge is 2.15. The summed E-state index contributed by atoms with van der Waals surface area (Å²) < 4.78 is 1.39. The molecule has 0 saturated heterocycles. The molecule has 0 radical (unpaired) electrons. The summed E-state index contributed by atoms with van der Waals surface area (Å²) in [5.74, 6) is 0.0306. The van der Waals surface area contributed by atoms with Crippen LogP contribution in [0.5, 0.6) is 0 Å². The Labute approximate surface area is 155 Å². The van der Waals surface area contributed by atoms with Gasteiger partial charge in [-0.15, -0.1) is 0 Å². The van der Waals surface area contributed by atoms with Crippen LogP contribution in [0.1, 0.15) is 11.3 Å². The predicted molar refractivity (Wildman–Crippen MR) is 105 cm³/mol. The van der Waals surface area contributed by atoms with E-state index in [0.717, 1.165) is 22.4 Å². The molecule has 0 bridgehead atoms. The van der Waals surface area contributed by atoms with Crippen molar-refractivity contribution in [1.29, 1.82) is 0 Å².